The highest BCUT2D eigenvalue weighted by molar-refractivity contribution is 5.72. The normalized spacial score (nSPS) is 13.2. The molecule has 0 amide bonds. The van der Waals surface area contributed by atoms with Gasteiger partial charge in [-0.2, -0.15) is 0 Å². The van der Waals surface area contributed by atoms with Gasteiger partial charge < -0.3 is 14.2 Å². The minimum Gasteiger partial charge on any atom is -0.461 e. The second kappa shape index (κ2) is 53.6. The van der Waals surface area contributed by atoms with Crippen LogP contribution >= 0.6 is 0 Å². The predicted molar refractivity (Wildman–Crippen MR) is 279 cm³/mol. The Morgan fingerprint density at radius 2 is 0.641 bits per heavy atom. The van der Waals surface area contributed by atoms with Gasteiger partial charge in [0.05, 0.1) is 19.4 Å². The third-order valence-corrected chi connectivity index (χ3v) is 10.6. The van der Waals surface area contributed by atoms with Crippen molar-refractivity contribution in [1.82, 2.24) is 0 Å². The summed E-state index contributed by atoms with van der Waals surface area (Å²) in [6, 6.07) is 0. The summed E-state index contributed by atoms with van der Waals surface area (Å²) in [5, 5.41) is 0. The number of hydrogen-bond acceptors (Lipinski definition) is 5. The van der Waals surface area contributed by atoms with Gasteiger partial charge in [0.2, 0.25) is 0 Å². The van der Waals surface area contributed by atoms with Crippen molar-refractivity contribution in [3.8, 4) is 0 Å². The Balaban J connectivity index is 4.49. The molecule has 1 atom stereocenters. The Morgan fingerprint density at radius 3 is 0.984 bits per heavy atom. The largest absolute Gasteiger partial charge is 0.461 e. The summed E-state index contributed by atoms with van der Waals surface area (Å²) < 4.78 is 17.2. The molecule has 1 unspecified atom stereocenters. The van der Waals surface area contributed by atoms with E-state index in [1.807, 2.05) is 24.3 Å². The van der Waals surface area contributed by atoms with Gasteiger partial charge >= 0.3 is 11.9 Å². The van der Waals surface area contributed by atoms with Crippen LogP contribution in [0.5, 0.6) is 0 Å². The van der Waals surface area contributed by atoms with E-state index in [1.54, 1.807) is 0 Å². The minimum atomic E-state index is -0.636. The van der Waals surface area contributed by atoms with E-state index >= 15 is 0 Å². The topological polar surface area (TPSA) is 61.8 Å². The lowest BCUT2D eigenvalue weighted by atomic mass is 10.0. The van der Waals surface area contributed by atoms with Crippen LogP contribution in [0.4, 0.5) is 0 Å². The first-order valence-corrected chi connectivity index (χ1v) is 26.1. The summed E-state index contributed by atoms with van der Waals surface area (Å²) in [7, 11) is 0. The second-order valence-electron chi connectivity index (χ2n) is 16.7. The lowest BCUT2D eigenvalue weighted by molar-refractivity contribution is -0.161. The highest BCUT2D eigenvalue weighted by atomic mass is 16.6. The Labute approximate surface area is 395 Å². The highest BCUT2D eigenvalue weighted by Gasteiger charge is 2.17. The summed E-state index contributed by atoms with van der Waals surface area (Å²) in [4.78, 5) is 25.3. The highest BCUT2D eigenvalue weighted by Crippen LogP contribution is 2.15. The van der Waals surface area contributed by atoms with E-state index in [2.05, 4.69) is 118 Å². The Hall–Kier alpha value is -3.70. The van der Waals surface area contributed by atoms with Crippen LogP contribution in [0.2, 0.25) is 0 Å². The first kappa shape index (κ1) is 60.3. The minimum absolute atomic E-state index is 0.0138. The first-order chi connectivity index (χ1) is 31.6. The van der Waals surface area contributed by atoms with Gasteiger partial charge in [-0.05, 0) is 70.6 Å². The molecule has 0 N–H and O–H groups in total. The van der Waals surface area contributed by atoms with Crippen LogP contribution in [0, 0.1) is 0 Å². The molecule has 5 nitrogen and oxygen atoms in total. The smallest absolute Gasteiger partial charge is 0.310 e. The summed E-state index contributed by atoms with van der Waals surface area (Å²) in [5.74, 6) is -0.694. The van der Waals surface area contributed by atoms with Gasteiger partial charge in [-0.3, -0.25) is 9.59 Å². The Kier molecular flexibility index (Phi) is 50.5. The van der Waals surface area contributed by atoms with E-state index in [1.165, 1.54) is 103 Å². The van der Waals surface area contributed by atoms with Crippen molar-refractivity contribution in [3.05, 3.63) is 122 Å². The zero-order chi connectivity index (χ0) is 46.3. The third kappa shape index (κ3) is 50.9. The van der Waals surface area contributed by atoms with Gasteiger partial charge in [0.1, 0.15) is 6.61 Å². The number of carbonyl (C=O) groups is 2. The standard InChI is InChI=1S/C59H96O5/c1-4-7-10-13-16-19-22-25-28-29-30-33-36-39-42-45-48-51-54-62-55-57(64-59(61)53-50-47-44-41-38-35-32-27-24-21-18-15-12-9-6-3)56-63-58(60)52-49-46-43-40-37-34-31-26-23-20-17-14-11-8-5-2/h8-9,11-12,17-18,20-21,26-27,31-32,37-38,40-41,46-47,49-50,57H,4-7,10,13-16,19,22-25,28-30,33-36,39,42-45,48,51-56H2,1-3H3/b11-8-,12-9-,20-17-,21-18-,31-26-,32-27-,40-37-,41-38-,49-46-,50-47-. The van der Waals surface area contributed by atoms with E-state index in [9.17, 15) is 9.59 Å². The number of hydrogen-bond donors (Lipinski definition) is 0. The molecule has 0 aliphatic rings. The molecule has 5 heteroatoms. The van der Waals surface area contributed by atoms with Crippen molar-refractivity contribution in [3.63, 3.8) is 0 Å². The number of rotatable bonds is 46. The van der Waals surface area contributed by atoms with Gasteiger partial charge in [-0.1, -0.05) is 251 Å². The van der Waals surface area contributed by atoms with Crippen molar-refractivity contribution in [2.24, 2.45) is 0 Å². The van der Waals surface area contributed by atoms with Gasteiger partial charge in [0.25, 0.3) is 0 Å². The van der Waals surface area contributed by atoms with Crippen LogP contribution in [0.15, 0.2) is 122 Å². The van der Waals surface area contributed by atoms with Gasteiger partial charge in [0, 0.05) is 6.61 Å². The molecular weight excluding hydrogens is 789 g/mol. The number of ether oxygens (including phenoxy) is 3. The zero-order valence-electron chi connectivity index (χ0n) is 41.5. The molecule has 0 heterocycles. The van der Waals surface area contributed by atoms with Crippen LogP contribution < -0.4 is 0 Å². The summed E-state index contributed by atoms with van der Waals surface area (Å²) in [5.41, 5.74) is 0. The summed E-state index contributed by atoms with van der Waals surface area (Å²) >= 11 is 0. The second-order valence-corrected chi connectivity index (χ2v) is 16.7. The molecular formula is C59H96O5. The fourth-order valence-electron chi connectivity index (χ4n) is 6.78. The molecule has 0 bridgehead atoms. The number of carbonyl (C=O) groups excluding carboxylic acids is 2. The van der Waals surface area contributed by atoms with E-state index in [0.29, 0.717) is 6.61 Å². The summed E-state index contributed by atoms with van der Waals surface area (Å²) in [6.07, 6.45) is 75.5. The zero-order valence-corrected chi connectivity index (χ0v) is 41.5. The molecule has 0 aliphatic carbocycles. The van der Waals surface area contributed by atoms with E-state index in [4.69, 9.17) is 14.2 Å². The summed E-state index contributed by atoms with van der Waals surface area (Å²) in [6.45, 7) is 7.39. The molecule has 0 fully saturated rings. The molecule has 0 aromatic rings. The number of allylic oxidation sites excluding steroid dienone is 18. The van der Waals surface area contributed by atoms with E-state index < -0.39 is 6.10 Å². The molecule has 0 aromatic heterocycles. The SMILES string of the molecule is CC/C=C\C/C=C\C/C=C\C/C=C\C/C=C\CC(=O)OCC(COCCCCCCCCCCCCCCCCCCCC)OC(=O)C/C=C\C/C=C\C/C=C\C/C=C\C/C=C\CC. The number of unbranched alkanes of at least 4 members (excludes halogenated alkanes) is 17. The fourth-order valence-corrected chi connectivity index (χ4v) is 6.78. The maximum Gasteiger partial charge on any atom is 0.310 e. The molecule has 0 aromatic carbocycles. The molecule has 0 spiro atoms. The molecule has 362 valence electrons. The van der Waals surface area contributed by atoms with E-state index in [0.717, 1.165) is 77.0 Å². The lowest BCUT2D eigenvalue weighted by Crippen LogP contribution is -2.29. The monoisotopic (exact) mass is 885 g/mol. The van der Waals surface area contributed by atoms with Crippen LogP contribution in [0.25, 0.3) is 0 Å². The Morgan fingerprint density at radius 1 is 0.344 bits per heavy atom. The van der Waals surface area contributed by atoms with Crippen LogP contribution in [-0.2, 0) is 23.8 Å². The average Bonchev–Trinajstić information content (AvgIpc) is 3.30. The third-order valence-electron chi connectivity index (χ3n) is 10.6. The molecule has 0 rings (SSSR count). The maximum atomic E-state index is 12.7. The molecule has 0 saturated heterocycles. The molecule has 0 saturated carbocycles. The van der Waals surface area contributed by atoms with Crippen LogP contribution in [-0.4, -0.2) is 37.9 Å². The van der Waals surface area contributed by atoms with Gasteiger partial charge in [-0.25, -0.2) is 0 Å². The molecule has 0 aliphatic heterocycles. The van der Waals surface area contributed by atoms with Crippen LogP contribution in [0.3, 0.4) is 0 Å². The van der Waals surface area contributed by atoms with Crippen molar-refractivity contribution < 1.29 is 23.8 Å². The van der Waals surface area contributed by atoms with Crippen LogP contribution in [0.1, 0.15) is 213 Å². The average molecular weight is 885 g/mol. The quantitative estimate of drug-likeness (QED) is 0.0346. The number of esters is 2. The maximum absolute atomic E-state index is 12.7. The van der Waals surface area contributed by atoms with Gasteiger partial charge in [0.15, 0.2) is 6.10 Å². The first-order valence-electron chi connectivity index (χ1n) is 26.1. The van der Waals surface area contributed by atoms with Crippen molar-refractivity contribution in [1.29, 1.82) is 0 Å². The molecule has 64 heavy (non-hydrogen) atoms. The van der Waals surface area contributed by atoms with E-state index in [-0.39, 0.29) is 38.0 Å². The fraction of sp³-hybridized carbons (Fsp3) is 0.627. The lowest BCUT2D eigenvalue weighted by Gasteiger charge is -2.18. The Bertz CT molecular complexity index is 1320. The predicted octanol–water partition coefficient (Wildman–Crippen LogP) is 17.8. The van der Waals surface area contributed by atoms with Crippen molar-refractivity contribution in [2.75, 3.05) is 19.8 Å². The van der Waals surface area contributed by atoms with Crippen molar-refractivity contribution >= 4 is 11.9 Å². The van der Waals surface area contributed by atoms with Gasteiger partial charge in [-0.15, -0.1) is 0 Å². The van der Waals surface area contributed by atoms with Crippen molar-refractivity contribution in [2.45, 2.75) is 219 Å². The molecule has 0 radical (unpaired) electrons.